The van der Waals surface area contributed by atoms with Crippen molar-refractivity contribution in [1.29, 1.82) is 0 Å². The van der Waals surface area contributed by atoms with Gasteiger partial charge in [-0.3, -0.25) is 20.6 Å². The predicted octanol–water partition coefficient (Wildman–Crippen LogP) is 0.968. The van der Waals surface area contributed by atoms with Crippen molar-refractivity contribution in [2.24, 2.45) is 4.99 Å². The van der Waals surface area contributed by atoms with E-state index in [1.54, 1.807) is 0 Å². The first kappa shape index (κ1) is 20.1. The van der Waals surface area contributed by atoms with Crippen molar-refractivity contribution in [3.05, 3.63) is 10.8 Å². The zero-order chi connectivity index (χ0) is 19.7. The molecular formula is C15H25ClN8O2. The number of anilines is 2. The molecule has 144 valence electrons. The molecule has 1 aromatic heterocycles. The first-order valence-corrected chi connectivity index (χ1v) is 8.47. The molecule has 11 heteroatoms. The molecule has 0 radical (unpaired) electrons. The van der Waals surface area contributed by atoms with Crippen LogP contribution in [0.25, 0.3) is 0 Å². The van der Waals surface area contributed by atoms with Crippen LogP contribution in [0.3, 0.4) is 0 Å². The Balaban J connectivity index is 1.95. The summed E-state index contributed by atoms with van der Waals surface area (Å²) in [5, 5.41) is 11.6. The van der Waals surface area contributed by atoms with E-state index in [-0.39, 0.29) is 28.5 Å². The van der Waals surface area contributed by atoms with Crippen LogP contribution in [0.2, 0.25) is 5.15 Å². The fourth-order valence-corrected chi connectivity index (χ4v) is 3.36. The van der Waals surface area contributed by atoms with Gasteiger partial charge < -0.3 is 16.7 Å². The van der Waals surface area contributed by atoms with Crippen LogP contribution in [-0.2, 0) is 0 Å². The predicted molar refractivity (Wildman–Crippen MR) is 99.8 cm³/mol. The smallest absolute Gasteiger partial charge is 0.292 e. The van der Waals surface area contributed by atoms with E-state index in [0.717, 1.165) is 0 Å². The van der Waals surface area contributed by atoms with E-state index >= 15 is 0 Å². The Morgan fingerprint density at radius 3 is 2.42 bits per heavy atom. The maximum absolute atomic E-state index is 12.1. The maximum Gasteiger partial charge on any atom is 0.292 e. The third kappa shape index (κ3) is 4.32. The molecule has 1 amide bonds. The zero-order valence-corrected chi connectivity index (χ0v) is 16.0. The van der Waals surface area contributed by atoms with Gasteiger partial charge in [-0.2, -0.15) is 5.06 Å². The number of aliphatic imine (C=N–C) groups is 1. The second-order valence-corrected chi connectivity index (χ2v) is 7.87. The summed E-state index contributed by atoms with van der Waals surface area (Å²) in [5.74, 6) is -0.785. The van der Waals surface area contributed by atoms with Crippen molar-refractivity contribution in [2.75, 3.05) is 11.5 Å². The number of nitrogens with two attached hydrogens (primary N) is 2. The number of hydroxylamine groups is 2. The molecule has 0 spiro atoms. The third-order valence-corrected chi connectivity index (χ3v) is 4.55. The summed E-state index contributed by atoms with van der Waals surface area (Å²) in [6.07, 6.45) is 2.74. The summed E-state index contributed by atoms with van der Waals surface area (Å²) >= 11 is 5.75. The van der Waals surface area contributed by atoms with Gasteiger partial charge in [0, 0.05) is 11.1 Å². The van der Waals surface area contributed by atoms with Crippen molar-refractivity contribution in [3.8, 4) is 0 Å². The molecule has 0 unspecified atom stereocenters. The minimum absolute atomic E-state index is 0.0105. The summed E-state index contributed by atoms with van der Waals surface area (Å²) < 4.78 is 0. The molecule has 0 bridgehead atoms. The Morgan fingerprint density at radius 1 is 1.27 bits per heavy atom. The highest BCUT2D eigenvalue weighted by Gasteiger charge is 2.44. The fourth-order valence-electron chi connectivity index (χ4n) is 3.23. The normalized spacial score (nSPS) is 20.2. The largest absolute Gasteiger partial charge is 0.382 e. The van der Waals surface area contributed by atoms with Crippen molar-refractivity contribution < 1.29 is 10.0 Å². The Morgan fingerprint density at radius 2 is 1.85 bits per heavy atom. The highest BCUT2D eigenvalue weighted by atomic mass is 35.5. The summed E-state index contributed by atoms with van der Waals surface area (Å²) in [6, 6.07) is -0.0105. The van der Waals surface area contributed by atoms with Crippen LogP contribution < -0.4 is 22.3 Å². The number of carbonyl (C=O) groups is 1. The molecule has 1 saturated heterocycles. The molecule has 26 heavy (non-hydrogen) atoms. The summed E-state index contributed by atoms with van der Waals surface area (Å²) in [7, 11) is 0. The van der Waals surface area contributed by atoms with E-state index in [9.17, 15) is 10.0 Å². The van der Waals surface area contributed by atoms with Gasteiger partial charge in [-0.05, 0) is 40.5 Å². The highest BCUT2D eigenvalue weighted by molar-refractivity contribution is 6.31. The highest BCUT2D eigenvalue weighted by Crippen LogP contribution is 2.37. The van der Waals surface area contributed by atoms with Gasteiger partial charge in [0.25, 0.3) is 5.91 Å². The van der Waals surface area contributed by atoms with Crippen molar-refractivity contribution in [3.63, 3.8) is 0 Å². The minimum Gasteiger partial charge on any atom is -0.382 e. The minimum atomic E-state index is -0.616. The molecule has 0 saturated carbocycles. The number of amides is 1. The number of nitrogen functional groups attached to an aromatic ring is 2. The van der Waals surface area contributed by atoms with Gasteiger partial charge in [0.05, 0.1) is 6.04 Å². The number of rotatable bonds is 4. The number of halogens is 1. The number of hydrazine groups is 1. The topological polar surface area (TPSA) is 155 Å². The number of nitrogens with zero attached hydrogens (tertiary/aromatic N) is 4. The van der Waals surface area contributed by atoms with Gasteiger partial charge in [0.1, 0.15) is 6.34 Å². The van der Waals surface area contributed by atoms with E-state index < -0.39 is 17.0 Å². The van der Waals surface area contributed by atoms with E-state index in [1.165, 1.54) is 11.4 Å². The third-order valence-electron chi connectivity index (χ3n) is 4.27. The van der Waals surface area contributed by atoms with E-state index in [0.29, 0.717) is 12.8 Å². The molecular weight excluding hydrogens is 360 g/mol. The first-order chi connectivity index (χ1) is 11.9. The molecule has 2 heterocycles. The molecule has 0 aliphatic carbocycles. The van der Waals surface area contributed by atoms with E-state index in [2.05, 4.69) is 25.8 Å². The number of hydrogen-bond donors (Lipinski definition) is 5. The average molecular weight is 385 g/mol. The summed E-state index contributed by atoms with van der Waals surface area (Å²) in [4.78, 5) is 24.1. The lowest BCUT2D eigenvalue weighted by Crippen LogP contribution is -2.60. The molecule has 1 aromatic rings. The molecule has 1 aliphatic rings. The number of piperidine rings is 1. The summed E-state index contributed by atoms with van der Waals surface area (Å²) in [6.45, 7) is 7.83. The molecule has 1 aliphatic heterocycles. The Hall–Kier alpha value is -2.17. The quantitative estimate of drug-likeness (QED) is 0.292. The second kappa shape index (κ2) is 7.22. The monoisotopic (exact) mass is 384 g/mol. The Labute approximate surface area is 156 Å². The van der Waals surface area contributed by atoms with Gasteiger partial charge in [0.15, 0.2) is 22.5 Å². The van der Waals surface area contributed by atoms with Gasteiger partial charge in [0.2, 0.25) is 0 Å². The lowest BCUT2D eigenvalue weighted by atomic mass is 9.79. The van der Waals surface area contributed by atoms with Gasteiger partial charge in [-0.1, -0.05) is 11.6 Å². The van der Waals surface area contributed by atoms with Crippen LogP contribution in [0.4, 0.5) is 11.6 Å². The van der Waals surface area contributed by atoms with Crippen LogP contribution in [0.15, 0.2) is 4.99 Å². The molecule has 7 N–H and O–H groups in total. The van der Waals surface area contributed by atoms with Crippen LogP contribution in [0.5, 0.6) is 0 Å². The van der Waals surface area contributed by atoms with Crippen LogP contribution in [-0.4, -0.2) is 49.6 Å². The standard InChI is InChI=1S/C15H25ClN8O2/c1-14(2)5-8(6-15(3,4)24(14)26)19-7-20-23-13(25)9-11(17)22-12(18)10(16)21-9/h7-8,26H,5-6H2,1-4H3,(H,19,20)(H,23,25)(H4,17,18,22). The zero-order valence-electron chi connectivity index (χ0n) is 15.2. The fraction of sp³-hybridized carbons (Fsp3) is 0.600. The van der Waals surface area contributed by atoms with Crippen LogP contribution in [0.1, 0.15) is 51.0 Å². The molecule has 2 rings (SSSR count). The van der Waals surface area contributed by atoms with Crippen LogP contribution in [0, 0.1) is 0 Å². The van der Waals surface area contributed by atoms with Crippen LogP contribution >= 0.6 is 11.6 Å². The van der Waals surface area contributed by atoms with E-state index in [4.69, 9.17) is 23.1 Å². The van der Waals surface area contributed by atoms with Crippen molar-refractivity contribution in [1.82, 2.24) is 25.9 Å². The molecule has 1 fully saturated rings. The number of nitrogens with one attached hydrogen (secondary N) is 2. The SMILES string of the molecule is CC1(C)CC(N=CNNC(=O)c2nc(Cl)c(N)nc2N)CC(C)(C)N1O. The Kier molecular flexibility index (Phi) is 5.59. The van der Waals surface area contributed by atoms with Gasteiger partial charge in [-0.25, -0.2) is 9.97 Å². The lowest BCUT2D eigenvalue weighted by Gasteiger charge is -2.50. The van der Waals surface area contributed by atoms with Gasteiger partial charge >= 0.3 is 0 Å². The lowest BCUT2D eigenvalue weighted by molar-refractivity contribution is -0.244. The maximum atomic E-state index is 12.1. The van der Waals surface area contributed by atoms with Crippen molar-refractivity contribution >= 4 is 35.5 Å². The van der Waals surface area contributed by atoms with Gasteiger partial charge in [-0.15, -0.1) is 0 Å². The molecule has 10 nitrogen and oxygen atoms in total. The molecule has 0 atom stereocenters. The number of aromatic nitrogens is 2. The number of hydrogen-bond acceptors (Lipinski definition) is 8. The summed E-state index contributed by atoms with van der Waals surface area (Å²) in [5.41, 5.74) is 15.1. The van der Waals surface area contributed by atoms with Crippen molar-refractivity contribution in [2.45, 2.75) is 57.7 Å². The first-order valence-electron chi connectivity index (χ1n) is 8.09. The average Bonchev–Trinajstić information content (AvgIpc) is 2.52. The number of carbonyl (C=O) groups excluding carboxylic acids is 1. The Bertz CT molecular complexity index is 704. The second-order valence-electron chi connectivity index (χ2n) is 7.51. The molecule has 0 aromatic carbocycles. The van der Waals surface area contributed by atoms with E-state index in [1.807, 2.05) is 27.7 Å².